The first-order valence-electron chi connectivity index (χ1n) is 8.81. The Hall–Kier alpha value is -2.20. The minimum Gasteiger partial charge on any atom is -0.395 e. The van der Waals surface area contributed by atoms with Gasteiger partial charge in [-0.2, -0.15) is 0 Å². The van der Waals surface area contributed by atoms with Gasteiger partial charge in [0.05, 0.1) is 13.2 Å². The van der Waals surface area contributed by atoms with Crippen LogP contribution in [0.5, 0.6) is 0 Å². The van der Waals surface area contributed by atoms with Crippen LogP contribution >= 0.6 is 0 Å². The summed E-state index contributed by atoms with van der Waals surface area (Å²) in [5.74, 6) is 0. The molecule has 3 aromatic rings. The lowest BCUT2D eigenvalue weighted by Gasteiger charge is -2.32. The molecule has 3 aromatic carbocycles. The summed E-state index contributed by atoms with van der Waals surface area (Å²) in [4.78, 5) is 2.18. The van der Waals surface area contributed by atoms with Crippen molar-refractivity contribution >= 4 is 10.8 Å². The third-order valence-electron chi connectivity index (χ3n) is 4.67. The summed E-state index contributed by atoms with van der Waals surface area (Å²) >= 11 is 0. The summed E-state index contributed by atoms with van der Waals surface area (Å²) in [6.45, 7) is 1.24. The highest BCUT2D eigenvalue weighted by atomic mass is 16.3. The van der Waals surface area contributed by atoms with E-state index in [1.807, 2.05) is 6.07 Å². The molecule has 130 valence electrons. The van der Waals surface area contributed by atoms with Crippen LogP contribution in [0.1, 0.15) is 17.2 Å². The molecule has 3 rings (SSSR count). The molecule has 0 fully saturated rings. The Kier molecular flexibility index (Phi) is 6.18. The fourth-order valence-corrected chi connectivity index (χ4v) is 3.49. The molecule has 0 aliphatic rings. The zero-order chi connectivity index (χ0) is 17.5. The molecule has 0 saturated heterocycles. The average molecular weight is 335 g/mol. The van der Waals surface area contributed by atoms with Crippen molar-refractivity contribution in [3.05, 3.63) is 83.9 Å². The molecule has 0 aliphatic heterocycles. The first-order valence-corrected chi connectivity index (χ1v) is 8.81. The Morgan fingerprint density at radius 2 is 1.36 bits per heavy atom. The van der Waals surface area contributed by atoms with Gasteiger partial charge in [0.25, 0.3) is 0 Å². The van der Waals surface area contributed by atoms with Gasteiger partial charge >= 0.3 is 0 Å². The Morgan fingerprint density at radius 3 is 2.08 bits per heavy atom. The molecule has 3 heteroatoms. The maximum Gasteiger partial charge on any atom is 0.0558 e. The molecule has 0 unspecified atom stereocenters. The Balaban J connectivity index is 2.05. The molecule has 0 saturated carbocycles. The SMILES string of the molecule is OCCN(CCO)[C@@H](Cc1ccccc1)c1cccc2ccccc12. The van der Waals surface area contributed by atoms with E-state index in [9.17, 15) is 10.2 Å². The Labute approximate surface area is 149 Å². The summed E-state index contributed by atoms with van der Waals surface area (Å²) in [5, 5.41) is 21.5. The van der Waals surface area contributed by atoms with Crippen LogP contribution in [0.15, 0.2) is 72.8 Å². The van der Waals surface area contributed by atoms with Gasteiger partial charge in [-0.3, -0.25) is 4.90 Å². The minimum absolute atomic E-state index is 0.0794. The number of aliphatic hydroxyl groups excluding tert-OH is 2. The number of rotatable bonds is 8. The van der Waals surface area contributed by atoms with Crippen LogP contribution in [-0.4, -0.2) is 41.4 Å². The van der Waals surface area contributed by atoms with E-state index in [2.05, 4.69) is 71.6 Å². The quantitative estimate of drug-likeness (QED) is 0.663. The molecule has 0 spiro atoms. The van der Waals surface area contributed by atoms with Crippen molar-refractivity contribution < 1.29 is 10.2 Å². The van der Waals surface area contributed by atoms with Crippen LogP contribution in [0.4, 0.5) is 0 Å². The maximum absolute atomic E-state index is 9.52. The van der Waals surface area contributed by atoms with Crippen molar-refractivity contribution in [3.8, 4) is 0 Å². The molecule has 1 atom stereocenters. The number of aliphatic hydroxyl groups is 2. The van der Waals surface area contributed by atoms with E-state index in [4.69, 9.17) is 0 Å². The summed E-state index contributed by atoms with van der Waals surface area (Å²) in [6.07, 6.45) is 0.842. The van der Waals surface area contributed by atoms with Gasteiger partial charge in [-0.05, 0) is 28.3 Å². The highest BCUT2D eigenvalue weighted by molar-refractivity contribution is 5.86. The molecule has 0 aliphatic carbocycles. The third kappa shape index (κ3) is 4.26. The van der Waals surface area contributed by atoms with E-state index in [0.29, 0.717) is 13.1 Å². The predicted octanol–water partition coefficient (Wildman–Crippen LogP) is 3.41. The van der Waals surface area contributed by atoms with Gasteiger partial charge in [0.15, 0.2) is 0 Å². The molecular formula is C22H25NO2. The first kappa shape index (κ1) is 17.6. The van der Waals surface area contributed by atoms with E-state index >= 15 is 0 Å². The smallest absolute Gasteiger partial charge is 0.0558 e. The molecule has 0 aromatic heterocycles. The molecule has 2 N–H and O–H groups in total. The van der Waals surface area contributed by atoms with Gasteiger partial charge in [0.1, 0.15) is 0 Å². The van der Waals surface area contributed by atoms with Crippen LogP contribution in [0.3, 0.4) is 0 Å². The lowest BCUT2D eigenvalue weighted by Crippen LogP contribution is -2.35. The normalized spacial score (nSPS) is 12.6. The number of fused-ring (bicyclic) bond motifs is 1. The third-order valence-corrected chi connectivity index (χ3v) is 4.67. The van der Waals surface area contributed by atoms with Crippen LogP contribution < -0.4 is 0 Å². The van der Waals surface area contributed by atoms with Crippen LogP contribution in [-0.2, 0) is 6.42 Å². The van der Waals surface area contributed by atoms with Crippen LogP contribution in [0.2, 0.25) is 0 Å². The van der Waals surface area contributed by atoms with Crippen LogP contribution in [0, 0.1) is 0 Å². The second-order valence-corrected chi connectivity index (χ2v) is 6.26. The van der Waals surface area contributed by atoms with E-state index in [1.54, 1.807) is 0 Å². The van der Waals surface area contributed by atoms with Gasteiger partial charge < -0.3 is 10.2 Å². The molecule has 3 nitrogen and oxygen atoms in total. The second kappa shape index (κ2) is 8.77. The molecule has 0 bridgehead atoms. The van der Waals surface area contributed by atoms with Crippen molar-refractivity contribution in [3.63, 3.8) is 0 Å². The Bertz CT molecular complexity index is 777. The van der Waals surface area contributed by atoms with E-state index < -0.39 is 0 Å². The number of benzene rings is 3. The van der Waals surface area contributed by atoms with Crippen molar-refractivity contribution in [2.24, 2.45) is 0 Å². The zero-order valence-corrected chi connectivity index (χ0v) is 14.4. The first-order chi connectivity index (χ1) is 12.3. The summed E-state index contributed by atoms with van der Waals surface area (Å²) in [5.41, 5.74) is 2.49. The number of nitrogens with zero attached hydrogens (tertiary/aromatic N) is 1. The molecule has 0 amide bonds. The summed E-state index contributed by atoms with van der Waals surface area (Å²) in [7, 11) is 0. The van der Waals surface area contributed by atoms with Crippen molar-refractivity contribution in [1.29, 1.82) is 0 Å². The molecular weight excluding hydrogens is 310 g/mol. The maximum atomic E-state index is 9.52. The monoisotopic (exact) mass is 335 g/mol. The van der Waals surface area contributed by atoms with Gasteiger partial charge in [0, 0.05) is 19.1 Å². The number of hydrogen-bond donors (Lipinski definition) is 2. The lowest BCUT2D eigenvalue weighted by atomic mass is 9.93. The number of hydrogen-bond acceptors (Lipinski definition) is 3. The standard InChI is InChI=1S/C22H25NO2/c24-15-13-23(14-16-25)22(17-18-7-2-1-3-8-18)21-12-6-10-19-9-4-5-11-20(19)21/h1-12,22,24-25H,13-17H2/t22-/m0/s1. The zero-order valence-electron chi connectivity index (χ0n) is 14.4. The molecule has 0 radical (unpaired) electrons. The molecule has 25 heavy (non-hydrogen) atoms. The fraction of sp³-hybridized carbons (Fsp3) is 0.273. The lowest BCUT2D eigenvalue weighted by molar-refractivity contribution is 0.121. The fourth-order valence-electron chi connectivity index (χ4n) is 3.49. The van der Waals surface area contributed by atoms with Crippen molar-refractivity contribution in [1.82, 2.24) is 4.90 Å². The molecule has 0 heterocycles. The van der Waals surface area contributed by atoms with E-state index in [0.717, 1.165) is 6.42 Å². The van der Waals surface area contributed by atoms with Crippen LogP contribution in [0.25, 0.3) is 10.8 Å². The van der Waals surface area contributed by atoms with Gasteiger partial charge in [-0.1, -0.05) is 72.8 Å². The highest BCUT2D eigenvalue weighted by Crippen LogP contribution is 2.31. The van der Waals surface area contributed by atoms with E-state index in [1.165, 1.54) is 21.9 Å². The van der Waals surface area contributed by atoms with Crippen molar-refractivity contribution in [2.45, 2.75) is 12.5 Å². The van der Waals surface area contributed by atoms with Gasteiger partial charge in [-0.15, -0.1) is 0 Å². The highest BCUT2D eigenvalue weighted by Gasteiger charge is 2.22. The van der Waals surface area contributed by atoms with Crippen molar-refractivity contribution in [2.75, 3.05) is 26.3 Å². The van der Waals surface area contributed by atoms with Gasteiger partial charge in [0.2, 0.25) is 0 Å². The summed E-state index contributed by atoms with van der Waals surface area (Å²) in [6, 6.07) is 25.3. The topological polar surface area (TPSA) is 43.7 Å². The predicted molar refractivity (Wildman–Crippen MR) is 103 cm³/mol. The Morgan fingerprint density at radius 1 is 0.720 bits per heavy atom. The summed E-state index contributed by atoms with van der Waals surface area (Å²) < 4.78 is 0. The van der Waals surface area contributed by atoms with Gasteiger partial charge in [-0.25, -0.2) is 0 Å². The minimum atomic E-state index is 0.0794. The second-order valence-electron chi connectivity index (χ2n) is 6.26. The van der Waals surface area contributed by atoms with E-state index in [-0.39, 0.29) is 19.3 Å². The average Bonchev–Trinajstić information content (AvgIpc) is 2.66. The largest absolute Gasteiger partial charge is 0.395 e.